The Morgan fingerprint density at radius 2 is 1.62 bits per heavy atom. The molecule has 26 heavy (non-hydrogen) atoms. The van der Waals surface area contributed by atoms with Crippen molar-refractivity contribution in [1.29, 1.82) is 0 Å². The molecular formula is C18H21Cl2N5O. The van der Waals surface area contributed by atoms with Crippen LogP contribution in [0.15, 0.2) is 24.3 Å². The number of nitrogens with zero attached hydrogens (tertiary/aromatic N) is 5. The van der Waals surface area contributed by atoms with Gasteiger partial charge in [-0.15, -0.1) is 0 Å². The van der Waals surface area contributed by atoms with Gasteiger partial charge in [-0.3, -0.25) is 4.79 Å². The number of hydrogen-bond acceptors (Lipinski definition) is 5. The van der Waals surface area contributed by atoms with E-state index in [4.69, 9.17) is 23.2 Å². The van der Waals surface area contributed by atoms with Crippen molar-refractivity contribution in [3.8, 4) is 0 Å². The predicted octanol–water partition coefficient (Wildman–Crippen LogP) is 3.12. The number of halogens is 2. The zero-order valence-corrected chi connectivity index (χ0v) is 16.5. The minimum atomic E-state index is -0.0619. The van der Waals surface area contributed by atoms with E-state index in [0.29, 0.717) is 47.7 Å². The highest BCUT2D eigenvalue weighted by Crippen LogP contribution is 2.22. The van der Waals surface area contributed by atoms with E-state index in [1.165, 1.54) is 0 Å². The lowest BCUT2D eigenvalue weighted by atomic mass is 10.2. The Labute approximate surface area is 163 Å². The fourth-order valence-corrected chi connectivity index (χ4v) is 3.40. The van der Waals surface area contributed by atoms with E-state index >= 15 is 0 Å². The summed E-state index contributed by atoms with van der Waals surface area (Å²) in [5.41, 5.74) is 1.43. The molecule has 0 radical (unpaired) electrons. The molecule has 0 saturated carbocycles. The van der Waals surface area contributed by atoms with Gasteiger partial charge in [0.2, 0.25) is 5.95 Å². The van der Waals surface area contributed by atoms with Crippen LogP contribution in [0.5, 0.6) is 0 Å². The van der Waals surface area contributed by atoms with Gasteiger partial charge in [0.05, 0.1) is 0 Å². The van der Waals surface area contributed by atoms with Gasteiger partial charge < -0.3 is 14.7 Å². The standard InChI is InChI=1S/C18H21Cl2N5O/c1-12-8-16(23(2)3)22-18(21-12)25-6-4-24(5-7-25)17(26)13-9-14(19)11-15(20)10-13/h8-11H,4-7H2,1-3H3. The van der Waals surface area contributed by atoms with Gasteiger partial charge in [0.1, 0.15) is 5.82 Å². The van der Waals surface area contributed by atoms with Crippen LogP contribution >= 0.6 is 23.2 Å². The Morgan fingerprint density at radius 3 is 2.19 bits per heavy atom. The van der Waals surface area contributed by atoms with Gasteiger partial charge in [0.25, 0.3) is 5.91 Å². The van der Waals surface area contributed by atoms with Gasteiger partial charge in [-0.25, -0.2) is 4.98 Å². The third-order valence-electron chi connectivity index (χ3n) is 4.25. The second-order valence-electron chi connectivity index (χ2n) is 6.50. The third kappa shape index (κ3) is 4.19. The maximum atomic E-state index is 12.7. The van der Waals surface area contributed by atoms with Crippen LogP contribution in [0.3, 0.4) is 0 Å². The molecule has 0 spiro atoms. The summed E-state index contributed by atoms with van der Waals surface area (Å²) >= 11 is 12.0. The molecule has 0 aliphatic carbocycles. The van der Waals surface area contributed by atoms with Crippen molar-refractivity contribution in [3.05, 3.63) is 45.6 Å². The summed E-state index contributed by atoms with van der Waals surface area (Å²) in [6.45, 7) is 4.50. The van der Waals surface area contributed by atoms with E-state index in [2.05, 4.69) is 14.9 Å². The van der Waals surface area contributed by atoms with Crippen molar-refractivity contribution in [2.45, 2.75) is 6.92 Å². The number of carbonyl (C=O) groups is 1. The molecule has 1 aromatic heterocycles. The van der Waals surface area contributed by atoms with Gasteiger partial charge >= 0.3 is 0 Å². The zero-order chi connectivity index (χ0) is 18.8. The van der Waals surface area contributed by atoms with E-state index in [1.807, 2.05) is 32.0 Å². The number of rotatable bonds is 3. The number of carbonyl (C=O) groups excluding carboxylic acids is 1. The molecule has 1 fully saturated rings. The van der Waals surface area contributed by atoms with Crippen LogP contribution in [0.1, 0.15) is 16.1 Å². The van der Waals surface area contributed by atoms with Crippen molar-refractivity contribution in [1.82, 2.24) is 14.9 Å². The monoisotopic (exact) mass is 393 g/mol. The van der Waals surface area contributed by atoms with E-state index in [1.54, 1.807) is 23.1 Å². The van der Waals surface area contributed by atoms with Crippen molar-refractivity contribution in [3.63, 3.8) is 0 Å². The van der Waals surface area contributed by atoms with E-state index < -0.39 is 0 Å². The average molecular weight is 394 g/mol. The Kier molecular flexibility index (Phi) is 5.53. The van der Waals surface area contributed by atoms with Crippen molar-refractivity contribution in [2.75, 3.05) is 50.1 Å². The molecule has 1 amide bonds. The fraction of sp³-hybridized carbons (Fsp3) is 0.389. The Hall–Kier alpha value is -2.05. The number of anilines is 2. The minimum absolute atomic E-state index is 0.0619. The Balaban J connectivity index is 1.70. The summed E-state index contributed by atoms with van der Waals surface area (Å²) < 4.78 is 0. The smallest absolute Gasteiger partial charge is 0.254 e. The summed E-state index contributed by atoms with van der Waals surface area (Å²) in [5.74, 6) is 1.51. The first-order valence-electron chi connectivity index (χ1n) is 8.37. The molecule has 1 saturated heterocycles. The van der Waals surface area contributed by atoms with Crippen LogP contribution in [0.2, 0.25) is 10.0 Å². The predicted molar refractivity (Wildman–Crippen MR) is 106 cm³/mol. The second kappa shape index (κ2) is 7.68. The first kappa shape index (κ1) is 18.7. The molecule has 2 heterocycles. The molecule has 1 aliphatic rings. The summed E-state index contributed by atoms with van der Waals surface area (Å²) in [4.78, 5) is 27.7. The Morgan fingerprint density at radius 1 is 1.00 bits per heavy atom. The molecule has 0 atom stereocenters. The molecule has 138 valence electrons. The largest absolute Gasteiger partial charge is 0.363 e. The minimum Gasteiger partial charge on any atom is -0.363 e. The Bertz CT molecular complexity index is 799. The van der Waals surface area contributed by atoms with Crippen molar-refractivity contribution in [2.24, 2.45) is 0 Å². The molecule has 1 aromatic carbocycles. The van der Waals surface area contributed by atoms with Crippen LogP contribution in [-0.2, 0) is 0 Å². The number of hydrogen-bond donors (Lipinski definition) is 0. The fourth-order valence-electron chi connectivity index (χ4n) is 2.88. The summed E-state index contributed by atoms with van der Waals surface area (Å²) in [6.07, 6.45) is 0. The van der Waals surface area contributed by atoms with Crippen molar-refractivity contribution < 1.29 is 4.79 Å². The molecule has 0 unspecified atom stereocenters. The van der Waals surface area contributed by atoms with E-state index in [0.717, 1.165) is 11.5 Å². The summed E-state index contributed by atoms with van der Waals surface area (Å²) in [6, 6.07) is 6.87. The maximum absolute atomic E-state index is 12.7. The summed E-state index contributed by atoms with van der Waals surface area (Å²) in [7, 11) is 3.91. The molecular weight excluding hydrogens is 373 g/mol. The maximum Gasteiger partial charge on any atom is 0.254 e. The number of aryl methyl sites for hydroxylation is 1. The third-order valence-corrected chi connectivity index (χ3v) is 4.68. The molecule has 2 aromatic rings. The number of benzene rings is 1. The molecule has 0 N–H and O–H groups in total. The topological polar surface area (TPSA) is 52.6 Å². The normalized spacial score (nSPS) is 14.5. The highest BCUT2D eigenvalue weighted by Gasteiger charge is 2.24. The molecule has 3 rings (SSSR count). The van der Waals surface area contributed by atoms with Gasteiger partial charge in [-0.1, -0.05) is 23.2 Å². The first-order valence-corrected chi connectivity index (χ1v) is 9.12. The molecule has 0 bridgehead atoms. The second-order valence-corrected chi connectivity index (χ2v) is 7.37. The number of aromatic nitrogens is 2. The first-order chi connectivity index (χ1) is 12.3. The molecule has 8 heteroatoms. The average Bonchev–Trinajstić information content (AvgIpc) is 2.60. The van der Waals surface area contributed by atoms with Gasteiger partial charge in [0.15, 0.2) is 0 Å². The highest BCUT2D eigenvalue weighted by molar-refractivity contribution is 6.35. The SMILES string of the molecule is Cc1cc(N(C)C)nc(N2CCN(C(=O)c3cc(Cl)cc(Cl)c3)CC2)n1. The van der Waals surface area contributed by atoms with Gasteiger partial charge in [-0.2, -0.15) is 4.98 Å². The molecule has 6 nitrogen and oxygen atoms in total. The van der Waals surface area contributed by atoms with E-state index in [9.17, 15) is 4.79 Å². The van der Waals surface area contributed by atoms with Crippen LogP contribution in [-0.4, -0.2) is 61.0 Å². The van der Waals surface area contributed by atoms with Crippen LogP contribution < -0.4 is 9.80 Å². The van der Waals surface area contributed by atoms with Gasteiger partial charge in [-0.05, 0) is 25.1 Å². The van der Waals surface area contributed by atoms with Crippen LogP contribution in [0.25, 0.3) is 0 Å². The van der Waals surface area contributed by atoms with Crippen LogP contribution in [0.4, 0.5) is 11.8 Å². The van der Waals surface area contributed by atoms with Crippen molar-refractivity contribution >= 4 is 40.9 Å². The number of amides is 1. The lowest BCUT2D eigenvalue weighted by Gasteiger charge is -2.35. The number of piperazine rings is 1. The quantitative estimate of drug-likeness (QED) is 0.801. The zero-order valence-electron chi connectivity index (χ0n) is 15.0. The van der Waals surface area contributed by atoms with Gasteiger partial charge in [0, 0.05) is 67.6 Å². The lowest BCUT2D eigenvalue weighted by Crippen LogP contribution is -2.49. The lowest BCUT2D eigenvalue weighted by molar-refractivity contribution is 0.0746. The van der Waals surface area contributed by atoms with Crippen LogP contribution in [0, 0.1) is 6.92 Å². The van der Waals surface area contributed by atoms with E-state index in [-0.39, 0.29) is 5.91 Å². The molecule has 1 aliphatic heterocycles. The summed E-state index contributed by atoms with van der Waals surface area (Å²) in [5, 5.41) is 0.924. The highest BCUT2D eigenvalue weighted by atomic mass is 35.5.